The van der Waals surface area contributed by atoms with Gasteiger partial charge in [0.1, 0.15) is 5.82 Å². The van der Waals surface area contributed by atoms with E-state index in [1.165, 1.54) is 12.1 Å². The van der Waals surface area contributed by atoms with Gasteiger partial charge in [-0.15, -0.1) is 0 Å². The van der Waals surface area contributed by atoms with Crippen molar-refractivity contribution in [1.29, 1.82) is 0 Å². The van der Waals surface area contributed by atoms with Crippen molar-refractivity contribution in [1.82, 2.24) is 19.3 Å². The van der Waals surface area contributed by atoms with Crippen LogP contribution in [0.15, 0.2) is 53.4 Å². The molecular weight excluding hydrogens is 452 g/mol. The van der Waals surface area contributed by atoms with E-state index in [4.69, 9.17) is 5.14 Å². The minimum atomic E-state index is -3.82. The van der Waals surface area contributed by atoms with E-state index in [-0.39, 0.29) is 17.2 Å². The van der Waals surface area contributed by atoms with E-state index in [1.807, 2.05) is 53.4 Å². The molecule has 0 saturated carbocycles. The number of imidazole rings is 1. The van der Waals surface area contributed by atoms with Crippen LogP contribution >= 0.6 is 0 Å². The lowest BCUT2D eigenvalue weighted by Crippen LogP contribution is -2.15. The number of carbonyl (C=O) groups is 1. The van der Waals surface area contributed by atoms with Gasteiger partial charge in [-0.2, -0.15) is 5.10 Å². The fourth-order valence-corrected chi connectivity index (χ4v) is 4.61. The molecule has 3 N–H and O–H groups in total. The first-order chi connectivity index (χ1) is 16.2. The highest BCUT2D eigenvalue weighted by Gasteiger charge is 2.18. The van der Waals surface area contributed by atoms with Crippen LogP contribution in [0.2, 0.25) is 0 Å². The van der Waals surface area contributed by atoms with Gasteiger partial charge in [-0.05, 0) is 50.6 Å². The highest BCUT2D eigenvalue weighted by Crippen LogP contribution is 2.24. The molecule has 2 aromatic carbocycles. The molecule has 0 aliphatic heterocycles. The van der Waals surface area contributed by atoms with Gasteiger partial charge in [0.15, 0.2) is 0 Å². The summed E-state index contributed by atoms with van der Waals surface area (Å²) in [6, 6.07) is 14.4. The Morgan fingerprint density at radius 1 is 1.12 bits per heavy atom. The lowest BCUT2D eigenvalue weighted by molar-refractivity contribution is -0.116. The van der Waals surface area contributed by atoms with Crippen LogP contribution in [0.25, 0.3) is 16.7 Å². The van der Waals surface area contributed by atoms with Gasteiger partial charge >= 0.3 is 0 Å². The third-order valence-electron chi connectivity index (χ3n) is 5.71. The molecule has 9 nitrogen and oxygen atoms in total. The maximum atomic E-state index is 12.8. The summed E-state index contributed by atoms with van der Waals surface area (Å²) in [6.07, 6.45) is 1.51. The van der Waals surface area contributed by atoms with Crippen molar-refractivity contribution in [2.75, 3.05) is 5.32 Å². The highest BCUT2D eigenvalue weighted by atomic mass is 32.2. The van der Waals surface area contributed by atoms with Gasteiger partial charge in [0.05, 0.1) is 38.7 Å². The molecule has 4 rings (SSSR count). The molecule has 178 valence electrons. The number of carbonyl (C=O) groups excluding carboxylic acids is 1. The molecule has 0 unspecified atom stereocenters. The molecule has 0 saturated heterocycles. The summed E-state index contributed by atoms with van der Waals surface area (Å²) in [5.74, 6) is 0.589. The number of amides is 1. The summed E-state index contributed by atoms with van der Waals surface area (Å²) in [6.45, 7) is 6.55. The molecule has 34 heavy (non-hydrogen) atoms. The molecule has 0 bridgehead atoms. The summed E-state index contributed by atoms with van der Waals surface area (Å²) in [5, 5.41) is 12.8. The van der Waals surface area contributed by atoms with Crippen molar-refractivity contribution >= 4 is 32.7 Å². The number of nitrogens with two attached hydrogens (primary N) is 1. The van der Waals surface area contributed by atoms with Crippen LogP contribution in [0, 0.1) is 13.8 Å². The number of aromatic nitrogens is 4. The molecule has 0 aliphatic carbocycles. The van der Waals surface area contributed by atoms with E-state index in [2.05, 4.69) is 22.3 Å². The van der Waals surface area contributed by atoms with Crippen molar-refractivity contribution in [3.05, 3.63) is 65.7 Å². The maximum Gasteiger partial charge on any atom is 0.238 e. The van der Waals surface area contributed by atoms with E-state index >= 15 is 0 Å². The van der Waals surface area contributed by atoms with Gasteiger partial charge in [0.2, 0.25) is 15.9 Å². The van der Waals surface area contributed by atoms with Gasteiger partial charge in [0, 0.05) is 19.4 Å². The van der Waals surface area contributed by atoms with Gasteiger partial charge < -0.3 is 9.88 Å². The third-order valence-corrected chi connectivity index (χ3v) is 6.62. The highest BCUT2D eigenvalue weighted by molar-refractivity contribution is 7.89. The number of anilines is 1. The smallest absolute Gasteiger partial charge is 0.238 e. The van der Waals surface area contributed by atoms with Crippen LogP contribution in [-0.4, -0.2) is 33.7 Å². The van der Waals surface area contributed by atoms with Crippen LogP contribution in [0.1, 0.15) is 37.0 Å². The number of primary sulfonamides is 1. The maximum absolute atomic E-state index is 12.8. The first kappa shape index (κ1) is 23.7. The number of aryl methyl sites for hydroxylation is 3. The van der Waals surface area contributed by atoms with E-state index in [0.29, 0.717) is 24.2 Å². The fraction of sp³-hybridized carbons (Fsp3) is 0.292. The van der Waals surface area contributed by atoms with Crippen molar-refractivity contribution in [2.24, 2.45) is 5.14 Å². The number of sulfonamides is 1. The number of rotatable bonds is 8. The van der Waals surface area contributed by atoms with Crippen LogP contribution in [0.3, 0.4) is 0 Å². The first-order valence-electron chi connectivity index (χ1n) is 11.1. The molecular formula is C24H28N6O3S. The average molecular weight is 481 g/mol. The van der Waals surface area contributed by atoms with Gasteiger partial charge in [-0.1, -0.05) is 25.1 Å². The second-order valence-electron chi connectivity index (χ2n) is 8.22. The summed E-state index contributed by atoms with van der Waals surface area (Å²) in [5.41, 5.74) is 4.59. The Morgan fingerprint density at radius 2 is 1.85 bits per heavy atom. The quantitative estimate of drug-likeness (QED) is 0.399. The van der Waals surface area contributed by atoms with Crippen LogP contribution in [0.5, 0.6) is 0 Å². The molecule has 0 atom stereocenters. The zero-order valence-corrected chi connectivity index (χ0v) is 20.3. The summed E-state index contributed by atoms with van der Waals surface area (Å²) in [4.78, 5) is 17.5. The Labute approximate surface area is 198 Å². The lowest BCUT2D eigenvalue weighted by Gasteiger charge is -2.09. The number of nitrogens with one attached hydrogen (secondary N) is 1. The Morgan fingerprint density at radius 3 is 2.53 bits per heavy atom. The van der Waals surface area contributed by atoms with Crippen molar-refractivity contribution < 1.29 is 13.2 Å². The fourth-order valence-electron chi connectivity index (χ4n) is 4.07. The minimum Gasteiger partial charge on any atom is -0.328 e. The second-order valence-corrected chi connectivity index (χ2v) is 9.78. The zero-order valence-electron chi connectivity index (χ0n) is 19.4. The lowest BCUT2D eigenvalue weighted by atomic mass is 10.2. The van der Waals surface area contributed by atoms with E-state index in [9.17, 15) is 13.2 Å². The molecule has 4 aromatic rings. The molecule has 2 aromatic heterocycles. The van der Waals surface area contributed by atoms with Crippen molar-refractivity contribution in [3.63, 3.8) is 0 Å². The SMILES string of the molecule is CCCn1c(CCC(=O)Nc2c(C)nn(-c3ccccc3)c2C)nc2cc(S(N)(=O)=O)ccc21. The number of para-hydroxylation sites is 1. The number of nitrogens with zero attached hydrogens (tertiary/aromatic N) is 4. The van der Waals surface area contributed by atoms with Crippen molar-refractivity contribution in [3.8, 4) is 5.69 Å². The van der Waals surface area contributed by atoms with E-state index in [1.54, 1.807) is 6.07 Å². The van der Waals surface area contributed by atoms with E-state index in [0.717, 1.165) is 34.8 Å². The molecule has 10 heteroatoms. The predicted octanol–water partition coefficient (Wildman–Crippen LogP) is 3.47. The average Bonchev–Trinajstić information content (AvgIpc) is 3.29. The Balaban J connectivity index is 1.53. The summed E-state index contributed by atoms with van der Waals surface area (Å²) in [7, 11) is -3.82. The van der Waals surface area contributed by atoms with Crippen LogP contribution < -0.4 is 10.5 Å². The molecule has 0 spiro atoms. The largest absolute Gasteiger partial charge is 0.328 e. The van der Waals surface area contributed by atoms with Gasteiger partial charge in [-0.25, -0.2) is 23.2 Å². The summed E-state index contributed by atoms with van der Waals surface area (Å²) >= 11 is 0. The monoisotopic (exact) mass is 480 g/mol. The summed E-state index contributed by atoms with van der Waals surface area (Å²) < 4.78 is 27.3. The normalized spacial score (nSPS) is 11.8. The Kier molecular flexibility index (Phi) is 6.54. The Hall–Kier alpha value is -3.50. The number of hydrogen-bond donors (Lipinski definition) is 2. The van der Waals surface area contributed by atoms with Crippen LogP contribution in [-0.2, 0) is 27.8 Å². The third kappa shape index (κ3) is 4.73. The molecule has 0 fully saturated rings. The molecule has 2 heterocycles. The first-order valence-corrected chi connectivity index (χ1v) is 12.7. The Bertz CT molecular complexity index is 1460. The van der Waals surface area contributed by atoms with Crippen LogP contribution in [0.4, 0.5) is 5.69 Å². The molecule has 0 aliphatic rings. The number of fused-ring (bicyclic) bond motifs is 1. The number of hydrogen-bond acceptors (Lipinski definition) is 5. The van der Waals surface area contributed by atoms with Crippen molar-refractivity contribution in [2.45, 2.75) is 51.5 Å². The standard InChI is InChI=1S/C24H28N6O3S/c1-4-14-29-21-11-10-19(34(25,32)33)15-20(21)26-22(29)12-13-23(31)27-24-16(2)28-30(17(24)3)18-8-6-5-7-9-18/h5-11,15H,4,12-14H2,1-3H3,(H,27,31)(H2,25,32,33). The van der Waals surface area contributed by atoms with Gasteiger partial charge in [0.25, 0.3) is 0 Å². The zero-order chi connectivity index (χ0) is 24.5. The predicted molar refractivity (Wildman–Crippen MR) is 131 cm³/mol. The topological polar surface area (TPSA) is 125 Å². The van der Waals surface area contributed by atoms with E-state index < -0.39 is 10.0 Å². The van der Waals surface area contributed by atoms with Gasteiger partial charge in [-0.3, -0.25) is 4.79 Å². The molecule has 0 radical (unpaired) electrons. The number of benzene rings is 2. The minimum absolute atomic E-state index is 0.0202. The second kappa shape index (κ2) is 9.40. The molecule has 1 amide bonds.